The minimum absolute atomic E-state index is 0.0445. The van der Waals surface area contributed by atoms with Gasteiger partial charge in [-0.15, -0.1) is 5.10 Å². The summed E-state index contributed by atoms with van der Waals surface area (Å²) in [6.45, 7) is 1.57. The lowest BCUT2D eigenvalue weighted by molar-refractivity contribution is 0.0693. The molecule has 1 aliphatic carbocycles. The minimum atomic E-state index is -0.0445. The van der Waals surface area contributed by atoms with Crippen LogP contribution in [0.2, 0.25) is 0 Å². The average Bonchev–Trinajstić information content (AvgIpc) is 3.33. The monoisotopic (exact) mass is 359 g/mol. The van der Waals surface area contributed by atoms with Crippen molar-refractivity contribution in [3.05, 3.63) is 34.8 Å². The van der Waals surface area contributed by atoms with Gasteiger partial charge in [0.2, 0.25) is 6.79 Å². The van der Waals surface area contributed by atoms with Crippen LogP contribution in [0.25, 0.3) is 0 Å². The van der Waals surface area contributed by atoms with Gasteiger partial charge in [0.15, 0.2) is 17.2 Å². The highest BCUT2D eigenvalue weighted by Gasteiger charge is 2.24. The zero-order valence-corrected chi connectivity index (χ0v) is 14.8. The van der Waals surface area contributed by atoms with Gasteiger partial charge < -0.3 is 14.4 Å². The van der Waals surface area contributed by atoms with Gasteiger partial charge in [-0.2, -0.15) is 0 Å². The van der Waals surface area contributed by atoms with E-state index in [1.54, 1.807) is 5.38 Å². The summed E-state index contributed by atoms with van der Waals surface area (Å²) in [5.41, 5.74) is 1.47. The zero-order chi connectivity index (χ0) is 17.1. The fourth-order valence-corrected chi connectivity index (χ4v) is 4.01. The number of rotatable bonds is 5. The lowest BCUT2D eigenvalue weighted by Crippen LogP contribution is -2.35. The Bertz CT molecular complexity index is 729. The molecule has 0 unspecified atom stereocenters. The Kier molecular flexibility index (Phi) is 4.83. The molecule has 0 N–H and O–H groups in total. The molecule has 4 rings (SSSR count). The SMILES string of the molecule is O=C(c1csnn1)N(Cc1ccc2c(c1)OCO2)CC1CCCCC1. The van der Waals surface area contributed by atoms with Crippen LogP contribution in [0.5, 0.6) is 11.5 Å². The Labute approximate surface area is 150 Å². The highest BCUT2D eigenvalue weighted by molar-refractivity contribution is 7.03. The smallest absolute Gasteiger partial charge is 0.275 e. The molecule has 6 nitrogen and oxygen atoms in total. The Morgan fingerprint density at radius 1 is 1.20 bits per heavy atom. The number of amides is 1. The average molecular weight is 359 g/mol. The second-order valence-corrected chi connectivity index (χ2v) is 7.28. The van der Waals surface area contributed by atoms with Crippen LogP contribution in [-0.2, 0) is 6.54 Å². The first-order valence-corrected chi connectivity index (χ1v) is 9.58. The molecule has 2 aromatic rings. The van der Waals surface area contributed by atoms with Crippen LogP contribution in [0.1, 0.15) is 48.2 Å². The molecule has 0 atom stereocenters. The molecule has 0 saturated heterocycles. The van der Waals surface area contributed by atoms with Crippen LogP contribution in [0, 0.1) is 5.92 Å². The molecule has 25 heavy (non-hydrogen) atoms. The van der Waals surface area contributed by atoms with E-state index in [0.29, 0.717) is 18.2 Å². The fourth-order valence-electron chi connectivity index (χ4n) is 3.58. The van der Waals surface area contributed by atoms with Crippen molar-refractivity contribution in [2.45, 2.75) is 38.6 Å². The molecule has 1 aromatic carbocycles. The molecular formula is C18H21N3O3S. The standard InChI is InChI=1S/C18H21N3O3S/c22-18(15-11-25-20-19-15)21(9-13-4-2-1-3-5-13)10-14-6-7-16-17(8-14)24-12-23-16/h6-8,11,13H,1-5,9-10,12H2. The van der Waals surface area contributed by atoms with Gasteiger partial charge in [0.05, 0.1) is 0 Å². The molecule has 0 spiro atoms. The minimum Gasteiger partial charge on any atom is -0.454 e. The lowest BCUT2D eigenvalue weighted by Gasteiger charge is -2.29. The molecule has 1 fully saturated rings. The van der Waals surface area contributed by atoms with Crippen LogP contribution in [0.4, 0.5) is 0 Å². The molecule has 1 amide bonds. The van der Waals surface area contributed by atoms with Crippen molar-refractivity contribution in [1.82, 2.24) is 14.5 Å². The van der Waals surface area contributed by atoms with E-state index >= 15 is 0 Å². The molecule has 7 heteroatoms. The van der Waals surface area contributed by atoms with Gasteiger partial charge in [0.1, 0.15) is 0 Å². The number of benzene rings is 1. The molecule has 0 bridgehead atoms. The third-order valence-corrected chi connectivity index (χ3v) is 5.38. The van der Waals surface area contributed by atoms with Crippen LogP contribution in [0.3, 0.4) is 0 Å². The van der Waals surface area contributed by atoms with Crippen molar-refractivity contribution >= 4 is 17.4 Å². The van der Waals surface area contributed by atoms with Crippen molar-refractivity contribution in [2.75, 3.05) is 13.3 Å². The largest absolute Gasteiger partial charge is 0.454 e. The summed E-state index contributed by atoms with van der Waals surface area (Å²) in [6.07, 6.45) is 6.22. The van der Waals surface area contributed by atoms with E-state index in [4.69, 9.17) is 9.47 Å². The van der Waals surface area contributed by atoms with E-state index in [1.807, 2.05) is 23.1 Å². The molecule has 0 radical (unpaired) electrons. The number of hydrogen-bond acceptors (Lipinski definition) is 6. The van der Waals surface area contributed by atoms with Crippen molar-refractivity contribution in [1.29, 1.82) is 0 Å². The molecule has 2 heterocycles. The number of aromatic nitrogens is 2. The summed E-state index contributed by atoms with van der Waals surface area (Å²) < 4.78 is 14.7. The van der Waals surface area contributed by atoms with Gasteiger partial charge in [-0.1, -0.05) is 29.8 Å². The predicted octanol–water partition coefficient (Wildman–Crippen LogP) is 3.49. The summed E-state index contributed by atoms with van der Waals surface area (Å²) >= 11 is 1.21. The summed E-state index contributed by atoms with van der Waals surface area (Å²) in [4.78, 5) is 14.8. The van der Waals surface area contributed by atoms with E-state index in [0.717, 1.165) is 23.6 Å². The van der Waals surface area contributed by atoms with Crippen LogP contribution in [-0.4, -0.2) is 33.7 Å². The van der Waals surface area contributed by atoms with Gasteiger partial charge in [0, 0.05) is 18.5 Å². The van der Waals surface area contributed by atoms with E-state index < -0.39 is 0 Å². The van der Waals surface area contributed by atoms with E-state index in [2.05, 4.69) is 9.59 Å². The summed E-state index contributed by atoms with van der Waals surface area (Å²) in [5.74, 6) is 2.03. The fraction of sp³-hybridized carbons (Fsp3) is 0.500. The Morgan fingerprint density at radius 3 is 2.84 bits per heavy atom. The highest BCUT2D eigenvalue weighted by atomic mass is 32.1. The maximum Gasteiger partial charge on any atom is 0.275 e. The van der Waals surface area contributed by atoms with E-state index in [9.17, 15) is 4.79 Å². The maximum atomic E-state index is 12.9. The normalized spacial score (nSPS) is 16.8. The summed E-state index contributed by atoms with van der Waals surface area (Å²) in [7, 11) is 0. The number of carbonyl (C=O) groups excluding carboxylic acids is 1. The van der Waals surface area contributed by atoms with Crippen molar-refractivity contribution in [3.8, 4) is 11.5 Å². The Balaban J connectivity index is 1.52. The molecule has 2 aliphatic rings. The topological polar surface area (TPSA) is 64.6 Å². The number of nitrogens with zero attached hydrogens (tertiary/aromatic N) is 3. The van der Waals surface area contributed by atoms with Gasteiger partial charge >= 0.3 is 0 Å². The second-order valence-electron chi connectivity index (χ2n) is 6.67. The van der Waals surface area contributed by atoms with Crippen LogP contribution >= 0.6 is 11.5 Å². The van der Waals surface area contributed by atoms with E-state index in [1.165, 1.54) is 43.6 Å². The number of hydrogen-bond donors (Lipinski definition) is 0. The van der Waals surface area contributed by atoms with Crippen molar-refractivity contribution < 1.29 is 14.3 Å². The highest BCUT2D eigenvalue weighted by Crippen LogP contribution is 2.33. The molecular weight excluding hydrogens is 338 g/mol. The summed E-state index contributed by atoms with van der Waals surface area (Å²) in [6, 6.07) is 5.86. The Morgan fingerprint density at radius 2 is 2.04 bits per heavy atom. The van der Waals surface area contributed by atoms with Gasteiger partial charge in [0.25, 0.3) is 5.91 Å². The first kappa shape index (κ1) is 16.3. The zero-order valence-electron chi connectivity index (χ0n) is 14.0. The van der Waals surface area contributed by atoms with Crippen LogP contribution < -0.4 is 9.47 Å². The molecule has 1 saturated carbocycles. The number of ether oxygens (including phenoxy) is 2. The second kappa shape index (κ2) is 7.39. The van der Waals surface area contributed by atoms with Gasteiger partial charge in [-0.3, -0.25) is 4.79 Å². The maximum absolute atomic E-state index is 12.9. The predicted molar refractivity (Wildman–Crippen MR) is 93.8 cm³/mol. The van der Waals surface area contributed by atoms with Crippen molar-refractivity contribution in [2.24, 2.45) is 5.92 Å². The van der Waals surface area contributed by atoms with Gasteiger partial charge in [-0.25, -0.2) is 0 Å². The van der Waals surface area contributed by atoms with Gasteiger partial charge in [-0.05, 0) is 48.0 Å². The summed E-state index contributed by atoms with van der Waals surface area (Å²) in [5, 5.41) is 5.68. The van der Waals surface area contributed by atoms with Crippen LogP contribution in [0.15, 0.2) is 23.6 Å². The first-order chi connectivity index (χ1) is 12.3. The van der Waals surface area contributed by atoms with E-state index in [-0.39, 0.29) is 12.7 Å². The molecule has 1 aliphatic heterocycles. The first-order valence-electron chi connectivity index (χ1n) is 8.74. The Hall–Kier alpha value is -2.15. The number of fused-ring (bicyclic) bond motifs is 1. The third kappa shape index (κ3) is 3.76. The number of carbonyl (C=O) groups is 1. The molecule has 132 valence electrons. The molecule has 1 aromatic heterocycles. The third-order valence-electron chi connectivity index (χ3n) is 4.88. The van der Waals surface area contributed by atoms with Crippen molar-refractivity contribution in [3.63, 3.8) is 0 Å². The lowest BCUT2D eigenvalue weighted by atomic mass is 9.89. The quantitative estimate of drug-likeness (QED) is 0.818.